The summed E-state index contributed by atoms with van der Waals surface area (Å²) in [4.78, 5) is 12.7. The molecule has 0 aliphatic carbocycles. The minimum Gasteiger partial charge on any atom is -0.497 e. The first kappa shape index (κ1) is 24.3. The fourth-order valence-corrected chi connectivity index (χ4v) is 4.92. The number of carbonyl (C=O) groups excluding carboxylic acids is 1. The molecule has 0 saturated heterocycles. The molecule has 0 bridgehead atoms. The van der Waals surface area contributed by atoms with Crippen LogP contribution in [0, 0.1) is 6.92 Å². The Balaban J connectivity index is 1.62. The number of halogens is 2. The normalized spacial score (nSPS) is 10.8. The Hall–Kier alpha value is -2.81. The zero-order valence-electron chi connectivity index (χ0n) is 18.6. The van der Waals surface area contributed by atoms with Gasteiger partial charge in [0.25, 0.3) is 5.91 Å². The van der Waals surface area contributed by atoms with Crippen LogP contribution in [0.15, 0.2) is 76.4 Å². The molecule has 34 heavy (non-hydrogen) atoms. The molecule has 0 unspecified atom stereocenters. The fraction of sp³-hybridized carbons (Fsp3) is 0.160. The smallest absolute Gasteiger partial charge is 0.252 e. The molecule has 1 heterocycles. The number of nitrogens with one attached hydrogen (secondary N) is 1. The maximum atomic E-state index is 12.7. The van der Waals surface area contributed by atoms with Gasteiger partial charge in [-0.1, -0.05) is 53.7 Å². The lowest BCUT2D eigenvalue weighted by Crippen LogP contribution is -2.25. The van der Waals surface area contributed by atoms with E-state index in [4.69, 9.17) is 16.3 Å². The number of nitrogens with zero attached hydrogens (tertiary/aromatic N) is 3. The van der Waals surface area contributed by atoms with Crippen molar-refractivity contribution in [2.75, 3.05) is 7.11 Å². The number of rotatable bonds is 8. The van der Waals surface area contributed by atoms with E-state index in [9.17, 15) is 4.79 Å². The number of hydrogen-bond donors (Lipinski definition) is 1. The number of hydrogen-bond acceptors (Lipinski definition) is 5. The molecule has 1 N–H and O–H groups in total. The molecule has 6 nitrogen and oxygen atoms in total. The lowest BCUT2D eigenvalue weighted by atomic mass is 10.2. The molecule has 0 aliphatic rings. The van der Waals surface area contributed by atoms with Crippen molar-refractivity contribution in [1.29, 1.82) is 0 Å². The van der Waals surface area contributed by atoms with Crippen molar-refractivity contribution in [2.24, 2.45) is 0 Å². The Labute approximate surface area is 215 Å². The van der Waals surface area contributed by atoms with Gasteiger partial charge < -0.3 is 10.1 Å². The number of methoxy groups -OCH3 is 1. The molecule has 0 atom stereocenters. The minimum absolute atomic E-state index is 0.199. The Morgan fingerprint density at radius 1 is 1.12 bits per heavy atom. The molecule has 0 saturated carbocycles. The van der Waals surface area contributed by atoms with Gasteiger partial charge in [-0.2, -0.15) is 0 Å². The van der Waals surface area contributed by atoms with Gasteiger partial charge in [0.05, 0.1) is 24.9 Å². The van der Waals surface area contributed by atoms with Crippen LogP contribution < -0.4 is 10.1 Å². The topological polar surface area (TPSA) is 69.0 Å². The number of benzene rings is 3. The van der Waals surface area contributed by atoms with Crippen LogP contribution >= 0.6 is 39.3 Å². The Morgan fingerprint density at radius 3 is 2.74 bits per heavy atom. The second-order valence-electron chi connectivity index (χ2n) is 7.47. The summed E-state index contributed by atoms with van der Waals surface area (Å²) in [5.74, 6) is 1.90. The highest BCUT2D eigenvalue weighted by Gasteiger charge is 2.18. The van der Waals surface area contributed by atoms with Gasteiger partial charge in [0.1, 0.15) is 5.75 Å². The van der Waals surface area contributed by atoms with Gasteiger partial charge in [-0.3, -0.25) is 9.36 Å². The minimum atomic E-state index is -0.199. The molecule has 0 fully saturated rings. The van der Waals surface area contributed by atoms with Crippen molar-refractivity contribution in [3.63, 3.8) is 0 Å². The highest BCUT2D eigenvalue weighted by atomic mass is 79.9. The monoisotopic (exact) mass is 556 g/mol. The van der Waals surface area contributed by atoms with E-state index in [0.29, 0.717) is 27.3 Å². The van der Waals surface area contributed by atoms with E-state index in [1.54, 1.807) is 24.9 Å². The van der Waals surface area contributed by atoms with Gasteiger partial charge in [-0.05, 0) is 70.4 Å². The van der Waals surface area contributed by atoms with Gasteiger partial charge in [0.2, 0.25) is 0 Å². The highest BCUT2D eigenvalue weighted by Crippen LogP contribution is 2.29. The van der Waals surface area contributed by atoms with Crippen LogP contribution in [0.5, 0.6) is 5.75 Å². The Morgan fingerprint density at radius 2 is 1.94 bits per heavy atom. The lowest BCUT2D eigenvalue weighted by Gasteiger charge is -2.14. The van der Waals surface area contributed by atoms with Crippen LogP contribution in [0.3, 0.4) is 0 Å². The van der Waals surface area contributed by atoms with Crippen LogP contribution in [0.4, 0.5) is 0 Å². The third kappa shape index (κ3) is 5.63. The summed E-state index contributed by atoms with van der Waals surface area (Å²) in [6, 6.07) is 20.9. The van der Waals surface area contributed by atoms with Crippen LogP contribution in [0.2, 0.25) is 5.02 Å². The van der Waals surface area contributed by atoms with E-state index in [0.717, 1.165) is 27.0 Å². The van der Waals surface area contributed by atoms with Crippen molar-refractivity contribution in [2.45, 2.75) is 24.4 Å². The van der Waals surface area contributed by atoms with Crippen LogP contribution in [-0.4, -0.2) is 27.8 Å². The number of aryl methyl sites for hydroxylation is 1. The van der Waals surface area contributed by atoms with Crippen LogP contribution in [0.25, 0.3) is 5.69 Å². The maximum absolute atomic E-state index is 12.7. The predicted molar refractivity (Wildman–Crippen MR) is 139 cm³/mol. The number of amides is 1. The fourth-order valence-electron chi connectivity index (χ4n) is 3.38. The largest absolute Gasteiger partial charge is 0.497 e. The summed E-state index contributed by atoms with van der Waals surface area (Å²) in [6.07, 6.45) is 0. The average Bonchev–Trinajstić information content (AvgIpc) is 3.25. The first-order valence-corrected chi connectivity index (χ1v) is 12.6. The van der Waals surface area contributed by atoms with Gasteiger partial charge >= 0.3 is 0 Å². The van der Waals surface area contributed by atoms with E-state index in [1.165, 1.54) is 0 Å². The third-order valence-corrected chi connectivity index (χ3v) is 7.07. The molecule has 1 aromatic heterocycles. The van der Waals surface area contributed by atoms with Crippen molar-refractivity contribution in [3.8, 4) is 11.4 Å². The van der Waals surface area contributed by atoms with Gasteiger partial charge in [0.15, 0.2) is 11.0 Å². The van der Waals surface area contributed by atoms with Gasteiger partial charge in [0, 0.05) is 15.2 Å². The van der Waals surface area contributed by atoms with Crippen molar-refractivity contribution >= 4 is 45.2 Å². The van der Waals surface area contributed by atoms with Crippen LogP contribution in [0.1, 0.15) is 27.3 Å². The molecule has 3 aromatic carbocycles. The predicted octanol–water partition coefficient (Wildman–Crippen LogP) is 6.22. The molecule has 4 aromatic rings. The van der Waals surface area contributed by atoms with E-state index in [-0.39, 0.29) is 12.5 Å². The SMILES string of the molecule is COc1cccc(CSc2nnc(CNC(=O)c3ccccc3Br)n2-c2cc(Cl)ccc2C)c1. The number of aromatic nitrogens is 3. The highest BCUT2D eigenvalue weighted by molar-refractivity contribution is 9.10. The first-order chi connectivity index (χ1) is 16.5. The zero-order valence-corrected chi connectivity index (χ0v) is 21.7. The second kappa shape index (κ2) is 11.1. The number of thioether (sulfide) groups is 1. The summed E-state index contributed by atoms with van der Waals surface area (Å²) in [7, 11) is 1.65. The standard InChI is InChI=1S/C25H22BrClN4O2S/c1-16-10-11-18(27)13-22(16)31-23(14-28-24(32)20-8-3-4-9-21(20)26)29-30-25(31)34-15-17-6-5-7-19(12-17)33-2/h3-13H,14-15H2,1-2H3,(H,28,32). The van der Waals surface area contributed by atoms with Gasteiger partial charge in [-0.25, -0.2) is 0 Å². The third-order valence-electron chi connectivity index (χ3n) is 5.14. The van der Waals surface area contributed by atoms with Crippen molar-refractivity contribution in [3.05, 3.63) is 98.7 Å². The molecule has 174 valence electrons. The van der Waals surface area contributed by atoms with E-state index < -0.39 is 0 Å². The van der Waals surface area contributed by atoms with Crippen molar-refractivity contribution < 1.29 is 9.53 Å². The molecule has 1 amide bonds. The molecule has 0 spiro atoms. The molecule has 4 rings (SSSR count). The van der Waals surface area contributed by atoms with Gasteiger partial charge in [-0.15, -0.1) is 10.2 Å². The molecular formula is C25H22BrClN4O2S. The van der Waals surface area contributed by atoms with E-state index >= 15 is 0 Å². The first-order valence-electron chi connectivity index (χ1n) is 10.5. The second-order valence-corrected chi connectivity index (χ2v) is 9.70. The summed E-state index contributed by atoms with van der Waals surface area (Å²) >= 11 is 11.3. The number of carbonyl (C=O) groups is 1. The molecular weight excluding hydrogens is 536 g/mol. The molecule has 0 radical (unpaired) electrons. The quantitative estimate of drug-likeness (QED) is 0.260. The summed E-state index contributed by atoms with van der Waals surface area (Å²) in [6.45, 7) is 2.21. The van der Waals surface area contributed by atoms with E-state index in [2.05, 4.69) is 31.4 Å². The number of ether oxygens (including phenoxy) is 1. The molecule has 9 heteroatoms. The summed E-state index contributed by atoms with van der Waals surface area (Å²) < 4.78 is 8.01. The average molecular weight is 558 g/mol. The zero-order chi connectivity index (χ0) is 24.1. The van der Waals surface area contributed by atoms with E-state index in [1.807, 2.05) is 72.2 Å². The van der Waals surface area contributed by atoms with Crippen molar-refractivity contribution in [1.82, 2.24) is 20.1 Å². The maximum Gasteiger partial charge on any atom is 0.252 e. The Kier molecular flexibility index (Phi) is 7.92. The molecule has 0 aliphatic heterocycles. The summed E-state index contributed by atoms with van der Waals surface area (Å²) in [5.41, 5.74) is 3.55. The Bertz CT molecular complexity index is 1330. The van der Waals surface area contributed by atoms with Crippen LogP contribution in [-0.2, 0) is 12.3 Å². The lowest BCUT2D eigenvalue weighted by molar-refractivity contribution is 0.0949. The summed E-state index contributed by atoms with van der Waals surface area (Å²) in [5, 5.41) is 13.1.